The SMILES string of the molecule is OC(CNC1CCN(C2CC2)C1)c1ccsc1. The van der Waals surface area contributed by atoms with Gasteiger partial charge in [0.05, 0.1) is 6.10 Å². The van der Waals surface area contributed by atoms with Crippen LogP contribution in [0.4, 0.5) is 0 Å². The highest BCUT2D eigenvalue weighted by Gasteiger charge is 2.34. The maximum Gasteiger partial charge on any atom is 0.0922 e. The van der Waals surface area contributed by atoms with Crippen LogP contribution in [0.25, 0.3) is 0 Å². The van der Waals surface area contributed by atoms with Gasteiger partial charge in [0.15, 0.2) is 0 Å². The van der Waals surface area contributed by atoms with Crippen LogP contribution >= 0.6 is 11.3 Å². The maximum atomic E-state index is 9.99. The summed E-state index contributed by atoms with van der Waals surface area (Å²) < 4.78 is 0. The van der Waals surface area contributed by atoms with Gasteiger partial charge in [0, 0.05) is 31.7 Å². The van der Waals surface area contributed by atoms with E-state index in [2.05, 4.69) is 10.2 Å². The molecule has 3 rings (SSSR count). The molecule has 2 aliphatic rings. The molecule has 0 radical (unpaired) electrons. The third kappa shape index (κ3) is 2.88. The van der Waals surface area contributed by atoms with Gasteiger partial charge >= 0.3 is 0 Å². The van der Waals surface area contributed by atoms with Gasteiger partial charge in [-0.1, -0.05) is 0 Å². The van der Waals surface area contributed by atoms with E-state index in [9.17, 15) is 5.11 Å². The summed E-state index contributed by atoms with van der Waals surface area (Å²) in [5.41, 5.74) is 1.04. The standard InChI is InChI=1S/C13H20N2OS/c16-13(10-4-6-17-9-10)7-14-11-3-5-15(8-11)12-1-2-12/h4,6,9,11-14,16H,1-3,5,7-8H2. The third-order valence-corrected chi connectivity index (χ3v) is 4.51. The average Bonchev–Trinajstić information content (AvgIpc) is 2.88. The lowest BCUT2D eigenvalue weighted by atomic mass is 10.2. The number of thiophene rings is 1. The number of likely N-dealkylation sites (tertiary alicyclic amines) is 1. The average molecular weight is 252 g/mol. The molecule has 1 aliphatic carbocycles. The minimum absolute atomic E-state index is 0.351. The second-order valence-corrected chi connectivity index (χ2v) is 5.97. The molecule has 0 bridgehead atoms. The van der Waals surface area contributed by atoms with Crippen LogP contribution in [-0.2, 0) is 0 Å². The predicted molar refractivity (Wildman–Crippen MR) is 70.3 cm³/mol. The summed E-state index contributed by atoms with van der Waals surface area (Å²) in [5.74, 6) is 0. The molecule has 1 saturated heterocycles. The number of nitrogens with one attached hydrogen (secondary N) is 1. The highest BCUT2D eigenvalue weighted by atomic mass is 32.1. The van der Waals surface area contributed by atoms with Crippen molar-refractivity contribution in [1.82, 2.24) is 10.2 Å². The Balaban J connectivity index is 1.42. The van der Waals surface area contributed by atoms with Crippen LogP contribution in [0.15, 0.2) is 16.8 Å². The van der Waals surface area contributed by atoms with Crippen molar-refractivity contribution in [3.8, 4) is 0 Å². The molecular weight excluding hydrogens is 232 g/mol. The minimum atomic E-state index is -0.351. The number of hydrogen-bond acceptors (Lipinski definition) is 4. The van der Waals surface area contributed by atoms with E-state index in [0.717, 1.165) is 11.6 Å². The number of aliphatic hydroxyl groups is 1. The molecule has 2 N–H and O–H groups in total. The molecule has 2 atom stereocenters. The Kier molecular flexibility index (Phi) is 3.47. The molecule has 2 fully saturated rings. The predicted octanol–water partition coefficient (Wildman–Crippen LogP) is 1.61. The van der Waals surface area contributed by atoms with Gasteiger partial charge in [-0.05, 0) is 41.7 Å². The van der Waals surface area contributed by atoms with Crippen molar-refractivity contribution < 1.29 is 5.11 Å². The lowest BCUT2D eigenvalue weighted by Crippen LogP contribution is -2.35. The molecule has 1 aromatic rings. The summed E-state index contributed by atoms with van der Waals surface area (Å²) in [5, 5.41) is 17.5. The van der Waals surface area contributed by atoms with Crippen LogP contribution in [0, 0.1) is 0 Å². The topological polar surface area (TPSA) is 35.5 Å². The molecule has 17 heavy (non-hydrogen) atoms. The van der Waals surface area contributed by atoms with Crippen LogP contribution in [0.5, 0.6) is 0 Å². The van der Waals surface area contributed by atoms with Crippen LogP contribution in [0.3, 0.4) is 0 Å². The van der Waals surface area contributed by atoms with E-state index >= 15 is 0 Å². The first-order valence-electron chi connectivity index (χ1n) is 6.50. The molecule has 1 aliphatic heterocycles. The normalized spacial score (nSPS) is 27.5. The van der Waals surface area contributed by atoms with Crippen molar-refractivity contribution in [3.05, 3.63) is 22.4 Å². The van der Waals surface area contributed by atoms with Gasteiger partial charge in [-0.25, -0.2) is 0 Å². The van der Waals surface area contributed by atoms with Crippen molar-refractivity contribution >= 4 is 11.3 Å². The fourth-order valence-corrected chi connectivity index (χ4v) is 3.29. The fourth-order valence-electron chi connectivity index (χ4n) is 2.59. The van der Waals surface area contributed by atoms with E-state index in [1.165, 1.54) is 32.4 Å². The largest absolute Gasteiger partial charge is 0.387 e. The summed E-state index contributed by atoms with van der Waals surface area (Å²) in [4.78, 5) is 2.59. The number of hydrogen-bond donors (Lipinski definition) is 2. The summed E-state index contributed by atoms with van der Waals surface area (Å²) in [6, 6.07) is 3.45. The second-order valence-electron chi connectivity index (χ2n) is 5.19. The van der Waals surface area contributed by atoms with E-state index in [4.69, 9.17) is 0 Å². The number of aliphatic hydroxyl groups excluding tert-OH is 1. The van der Waals surface area contributed by atoms with Crippen molar-refractivity contribution in [2.75, 3.05) is 19.6 Å². The monoisotopic (exact) mass is 252 g/mol. The lowest BCUT2D eigenvalue weighted by Gasteiger charge is -2.17. The number of rotatable bonds is 5. The molecule has 94 valence electrons. The first-order chi connectivity index (χ1) is 8.33. The van der Waals surface area contributed by atoms with E-state index in [-0.39, 0.29) is 6.10 Å². The zero-order valence-corrected chi connectivity index (χ0v) is 10.8. The van der Waals surface area contributed by atoms with Crippen molar-refractivity contribution in [2.24, 2.45) is 0 Å². The third-order valence-electron chi connectivity index (χ3n) is 3.81. The highest BCUT2D eigenvalue weighted by molar-refractivity contribution is 7.07. The van der Waals surface area contributed by atoms with Gasteiger partial charge < -0.3 is 10.4 Å². The molecule has 4 heteroatoms. The molecule has 0 amide bonds. The Morgan fingerprint density at radius 1 is 1.47 bits per heavy atom. The van der Waals surface area contributed by atoms with E-state index < -0.39 is 0 Å². The first kappa shape index (κ1) is 11.7. The molecule has 0 spiro atoms. The summed E-state index contributed by atoms with van der Waals surface area (Å²) in [6.45, 7) is 3.08. The Bertz CT molecular complexity index is 350. The maximum absolute atomic E-state index is 9.99. The molecular formula is C13H20N2OS. The van der Waals surface area contributed by atoms with Gasteiger partial charge in [-0.15, -0.1) is 0 Å². The Labute approximate surface area is 106 Å². The van der Waals surface area contributed by atoms with Crippen LogP contribution in [-0.4, -0.2) is 41.7 Å². The van der Waals surface area contributed by atoms with Gasteiger partial charge in [-0.2, -0.15) is 11.3 Å². The van der Waals surface area contributed by atoms with Gasteiger partial charge in [-0.3, -0.25) is 4.90 Å². The Morgan fingerprint density at radius 3 is 3.06 bits per heavy atom. The van der Waals surface area contributed by atoms with E-state index in [1.54, 1.807) is 11.3 Å². The molecule has 1 aromatic heterocycles. The Morgan fingerprint density at radius 2 is 2.35 bits per heavy atom. The molecule has 2 unspecified atom stereocenters. The van der Waals surface area contributed by atoms with Crippen molar-refractivity contribution in [3.63, 3.8) is 0 Å². The van der Waals surface area contributed by atoms with Crippen LogP contribution in [0.1, 0.15) is 30.9 Å². The minimum Gasteiger partial charge on any atom is -0.387 e. The van der Waals surface area contributed by atoms with E-state index in [1.807, 2.05) is 16.8 Å². The zero-order chi connectivity index (χ0) is 11.7. The van der Waals surface area contributed by atoms with Gasteiger partial charge in [0.1, 0.15) is 0 Å². The van der Waals surface area contributed by atoms with Crippen LogP contribution in [0.2, 0.25) is 0 Å². The first-order valence-corrected chi connectivity index (χ1v) is 7.45. The highest BCUT2D eigenvalue weighted by Crippen LogP contribution is 2.29. The molecule has 0 aromatic carbocycles. The molecule has 2 heterocycles. The lowest BCUT2D eigenvalue weighted by molar-refractivity contribution is 0.170. The second kappa shape index (κ2) is 5.06. The van der Waals surface area contributed by atoms with Crippen LogP contribution < -0.4 is 5.32 Å². The van der Waals surface area contributed by atoms with Crippen molar-refractivity contribution in [2.45, 2.75) is 37.5 Å². The smallest absolute Gasteiger partial charge is 0.0922 e. The summed E-state index contributed by atoms with van der Waals surface area (Å²) in [7, 11) is 0. The number of nitrogens with zero attached hydrogens (tertiary/aromatic N) is 1. The summed E-state index contributed by atoms with van der Waals surface area (Å²) >= 11 is 1.64. The quantitative estimate of drug-likeness (QED) is 0.835. The molecule has 1 saturated carbocycles. The van der Waals surface area contributed by atoms with E-state index in [0.29, 0.717) is 12.6 Å². The zero-order valence-electron chi connectivity index (χ0n) is 10.0. The van der Waals surface area contributed by atoms with Gasteiger partial charge in [0.2, 0.25) is 0 Å². The molecule has 3 nitrogen and oxygen atoms in total. The fraction of sp³-hybridized carbons (Fsp3) is 0.692. The van der Waals surface area contributed by atoms with Crippen molar-refractivity contribution in [1.29, 1.82) is 0 Å². The summed E-state index contributed by atoms with van der Waals surface area (Å²) in [6.07, 6.45) is 3.66. The van der Waals surface area contributed by atoms with Gasteiger partial charge in [0.25, 0.3) is 0 Å². The Hall–Kier alpha value is -0.420.